The highest BCUT2D eigenvalue weighted by Gasteiger charge is 2.12. The van der Waals surface area contributed by atoms with Crippen molar-refractivity contribution in [3.63, 3.8) is 0 Å². The third kappa shape index (κ3) is 4.49. The van der Waals surface area contributed by atoms with Crippen molar-refractivity contribution < 1.29 is 14.3 Å². The lowest BCUT2D eigenvalue weighted by Gasteiger charge is -2.09. The van der Waals surface area contributed by atoms with E-state index in [4.69, 9.17) is 9.47 Å². The first-order valence-electron chi connectivity index (χ1n) is 8.49. The first-order chi connectivity index (χ1) is 13.1. The lowest BCUT2D eigenvalue weighted by Crippen LogP contribution is -2.05. The third-order valence-corrected chi connectivity index (χ3v) is 5.01. The van der Waals surface area contributed by atoms with E-state index in [0.717, 1.165) is 22.3 Å². The zero-order valence-electron chi connectivity index (χ0n) is 15.5. The molecule has 2 aromatic carbocycles. The number of hydrogen-bond donors (Lipinski definition) is 0. The third-order valence-electron chi connectivity index (χ3n) is 4.02. The quantitative estimate of drug-likeness (QED) is 0.334. The fraction of sp³-hybridized carbons (Fsp3) is 0.250. The number of Topliss-reactive ketones (excluding diaryl/α,β-unsaturated/α-hetero) is 1. The van der Waals surface area contributed by atoms with E-state index in [0.29, 0.717) is 23.7 Å². The van der Waals surface area contributed by atoms with Crippen molar-refractivity contribution in [1.82, 2.24) is 14.8 Å². The predicted octanol–water partition coefficient (Wildman–Crippen LogP) is 3.86. The van der Waals surface area contributed by atoms with Crippen LogP contribution in [0.1, 0.15) is 17.3 Å². The summed E-state index contributed by atoms with van der Waals surface area (Å²) >= 11 is 1.56. The van der Waals surface area contributed by atoms with Gasteiger partial charge in [0.05, 0.1) is 19.3 Å². The average Bonchev–Trinajstić information content (AvgIpc) is 3.06. The minimum atomic E-state index is -0.00399. The molecular formula is C20H21N3O3S. The number of benzene rings is 2. The van der Waals surface area contributed by atoms with Crippen LogP contribution in [0.5, 0.6) is 11.5 Å². The van der Waals surface area contributed by atoms with Crippen LogP contribution in [0.15, 0.2) is 53.7 Å². The molecule has 0 aliphatic heterocycles. The van der Waals surface area contributed by atoms with Gasteiger partial charge in [0, 0.05) is 18.4 Å². The van der Waals surface area contributed by atoms with Crippen LogP contribution in [0.25, 0.3) is 11.4 Å². The maximum atomic E-state index is 11.6. The van der Waals surface area contributed by atoms with Crippen LogP contribution in [-0.2, 0) is 7.05 Å². The second kappa shape index (κ2) is 8.73. The molecule has 0 bridgehead atoms. The standard InChI is InChI=1S/C20H21N3O3S/c1-14(24)17-6-4-5-7-18(17)26-12-13-27-20-22-21-19(23(20)2)15-8-10-16(25-3)11-9-15/h4-11H,12-13H2,1-3H3. The van der Waals surface area contributed by atoms with E-state index in [-0.39, 0.29) is 5.78 Å². The molecule has 0 saturated carbocycles. The van der Waals surface area contributed by atoms with E-state index < -0.39 is 0 Å². The summed E-state index contributed by atoms with van der Waals surface area (Å²) in [5, 5.41) is 9.35. The fourth-order valence-electron chi connectivity index (χ4n) is 2.60. The molecule has 0 N–H and O–H groups in total. The summed E-state index contributed by atoms with van der Waals surface area (Å²) in [6.07, 6.45) is 0. The van der Waals surface area contributed by atoms with Crippen molar-refractivity contribution in [1.29, 1.82) is 0 Å². The summed E-state index contributed by atoms with van der Waals surface area (Å²) in [6.45, 7) is 2.01. The first kappa shape index (κ1) is 19.0. The Labute approximate surface area is 162 Å². The Morgan fingerprint density at radius 1 is 1.11 bits per heavy atom. The van der Waals surface area contributed by atoms with Crippen LogP contribution in [0.3, 0.4) is 0 Å². The molecule has 0 unspecified atom stereocenters. The molecular weight excluding hydrogens is 362 g/mol. The van der Waals surface area contributed by atoms with Gasteiger partial charge in [0.1, 0.15) is 11.5 Å². The van der Waals surface area contributed by atoms with Gasteiger partial charge in [-0.1, -0.05) is 23.9 Å². The Bertz CT molecular complexity index is 922. The van der Waals surface area contributed by atoms with Crippen molar-refractivity contribution in [2.24, 2.45) is 7.05 Å². The minimum Gasteiger partial charge on any atom is -0.497 e. The Morgan fingerprint density at radius 2 is 1.85 bits per heavy atom. The molecule has 1 heterocycles. The molecule has 0 aliphatic rings. The van der Waals surface area contributed by atoms with E-state index >= 15 is 0 Å². The highest BCUT2D eigenvalue weighted by Crippen LogP contribution is 2.25. The van der Waals surface area contributed by atoms with Crippen molar-refractivity contribution in [2.45, 2.75) is 12.1 Å². The van der Waals surface area contributed by atoms with E-state index in [1.165, 1.54) is 6.92 Å². The monoisotopic (exact) mass is 383 g/mol. The number of ketones is 1. The van der Waals surface area contributed by atoms with Crippen LogP contribution in [0.2, 0.25) is 0 Å². The molecule has 0 radical (unpaired) electrons. The topological polar surface area (TPSA) is 66.2 Å². The van der Waals surface area contributed by atoms with Gasteiger partial charge >= 0.3 is 0 Å². The number of methoxy groups -OCH3 is 1. The summed E-state index contributed by atoms with van der Waals surface area (Å²) < 4.78 is 12.9. The number of rotatable bonds is 8. The molecule has 0 atom stereocenters. The Kier molecular flexibility index (Phi) is 6.13. The minimum absolute atomic E-state index is 0.00399. The summed E-state index contributed by atoms with van der Waals surface area (Å²) in [4.78, 5) is 11.6. The van der Waals surface area contributed by atoms with Crippen LogP contribution in [-0.4, -0.2) is 40.0 Å². The highest BCUT2D eigenvalue weighted by atomic mass is 32.2. The Balaban J connectivity index is 1.59. The van der Waals surface area contributed by atoms with Gasteiger partial charge in [0.2, 0.25) is 0 Å². The number of carbonyl (C=O) groups is 1. The molecule has 3 rings (SSSR count). The highest BCUT2D eigenvalue weighted by molar-refractivity contribution is 7.99. The first-order valence-corrected chi connectivity index (χ1v) is 9.48. The number of hydrogen-bond acceptors (Lipinski definition) is 6. The van der Waals surface area contributed by atoms with Crippen LogP contribution < -0.4 is 9.47 Å². The van der Waals surface area contributed by atoms with E-state index in [9.17, 15) is 4.79 Å². The van der Waals surface area contributed by atoms with E-state index in [1.54, 1.807) is 24.9 Å². The van der Waals surface area contributed by atoms with Crippen LogP contribution in [0, 0.1) is 0 Å². The summed E-state index contributed by atoms with van der Waals surface area (Å²) in [6, 6.07) is 15.0. The van der Waals surface area contributed by atoms with Crippen molar-refractivity contribution in [2.75, 3.05) is 19.5 Å². The smallest absolute Gasteiger partial charge is 0.191 e. The summed E-state index contributed by atoms with van der Waals surface area (Å²) in [5.41, 5.74) is 1.58. The van der Waals surface area contributed by atoms with Gasteiger partial charge in [-0.05, 0) is 43.3 Å². The maximum absolute atomic E-state index is 11.6. The van der Waals surface area contributed by atoms with Gasteiger partial charge in [-0.3, -0.25) is 4.79 Å². The van der Waals surface area contributed by atoms with Gasteiger partial charge < -0.3 is 14.0 Å². The largest absolute Gasteiger partial charge is 0.497 e. The van der Waals surface area contributed by atoms with Crippen LogP contribution in [0.4, 0.5) is 0 Å². The second-order valence-electron chi connectivity index (χ2n) is 5.84. The zero-order valence-corrected chi connectivity index (χ0v) is 16.3. The van der Waals surface area contributed by atoms with Gasteiger partial charge in [0.25, 0.3) is 0 Å². The molecule has 0 amide bonds. The van der Waals surface area contributed by atoms with Gasteiger partial charge in [-0.2, -0.15) is 0 Å². The van der Waals surface area contributed by atoms with Gasteiger partial charge in [-0.25, -0.2) is 0 Å². The maximum Gasteiger partial charge on any atom is 0.191 e. The number of nitrogens with zero attached hydrogens (tertiary/aromatic N) is 3. The molecule has 0 aliphatic carbocycles. The summed E-state index contributed by atoms with van der Waals surface area (Å²) in [5.74, 6) is 2.90. The summed E-state index contributed by atoms with van der Waals surface area (Å²) in [7, 11) is 3.58. The lowest BCUT2D eigenvalue weighted by molar-refractivity contribution is 0.101. The van der Waals surface area contributed by atoms with E-state index in [2.05, 4.69) is 10.2 Å². The molecule has 0 spiro atoms. The normalized spacial score (nSPS) is 10.6. The number of thioether (sulfide) groups is 1. The number of ether oxygens (including phenoxy) is 2. The van der Waals surface area contributed by atoms with Gasteiger partial charge in [0.15, 0.2) is 16.8 Å². The molecule has 0 saturated heterocycles. The molecule has 0 fully saturated rings. The van der Waals surface area contributed by atoms with Crippen LogP contribution >= 0.6 is 11.8 Å². The lowest BCUT2D eigenvalue weighted by atomic mass is 10.1. The van der Waals surface area contributed by atoms with Crippen molar-refractivity contribution >= 4 is 17.5 Å². The molecule has 6 nitrogen and oxygen atoms in total. The van der Waals surface area contributed by atoms with Gasteiger partial charge in [-0.15, -0.1) is 10.2 Å². The molecule has 140 valence electrons. The van der Waals surface area contributed by atoms with Crippen molar-refractivity contribution in [3.8, 4) is 22.9 Å². The number of para-hydroxylation sites is 1. The molecule has 1 aromatic heterocycles. The average molecular weight is 383 g/mol. The van der Waals surface area contributed by atoms with E-state index in [1.807, 2.05) is 54.1 Å². The SMILES string of the molecule is COc1ccc(-c2nnc(SCCOc3ccccc3C(C)=O)n2C)cc1. The fourth-order valence-corrected chi connectivity index (χ4v) is 3.33. The zero-order chi connectivity index (χ0) is 19.2. The second-order valence-corrected chi connectivity index (χ2v) is 6.91. The Hall–Kier alpha value is -2.80. The number of carbonyl (C=O) groups excluding carboxylic acids is 1. The Morgan fingerprint density at radius 3 is 2.56 bits per heavy atom. The van der Waals surface area contributed by atoms with Crippen molar-refractivity contribution in [3.05, 3.63) is 54.1 Å². The molecule has 27 heavy (non-hydrogen) atoms. The number of aromatic nitrogens is 3. The predicted molar refractivity (Wildman–Crippen MR) is 106 cm³/mol. The molecule has 3 aromatic rings. The molecule has 7 heteroatoms.